The lowest BCUT2D eigenvalue weighted by molar-refractivity contribution is -0.131. The van der Waals surface area contributed by atoms with Crippen LogP contribution in [0.2, 0.25) is 5.04 Å². The molecule has 0 unspecified atom stereocenters. The van der Waals surface area contributed by atoms with E-state index in [9.17, 15) is 9.90 Å². The van der Waals surface area contributed by atoms with Crippen LogP contribution in [-0.4, -0.2) is 31.9 Å². The molecule has 1 N–H and O–H groups in total. The van der Waals surface area contributed by atoms with Crippen LogP contribution in [0, 0.1) is 11.8 Å². The van der Waals surface area contributed by atoms with Crippen LogP contribution >= 0.6 is 0 Å². The van der Waals surface area contributed by atoms with Crippen molar-refractivity contribution in [1.82, 2.24) is 0 Å². The van der Waals surface area contributed by atoms with Crippen molar-refractivity contribution in [1.29, 1.82) is 0 Å². The third-order valence-electron chi connectivity index (χ3n) is 6.10. The van der Waals surface area contributed by atoms with Crippen LogP contribution in [0.3, 0.4) is 0 Å². The molecule has 1 aliphatic rings. The molecule has 0 aromatic heterocycles. The Hall–Kier alpha value is -1.75. The zero-order valence-corrected chi connectivity index (χ0v) is 18.4. The molecule has 0 heterocycles. The number of aliphatic hydroxyl groups excluding tert-OH is 1. The van der Waals surface area contributed by atoms with Crippen LogP contribution in [0.4, 0.5) is 0 Å². The highest BCUT2D eigenvalue weighted by molar-refractivity contribution is 6.99. The van der Waals surface area contributed by atoms with Crippen LogP contribution in [-0.2, 0) is 9.22 Å². The van der Waals surface area contributed by atoms with Gasteiger partial charge >= 0.3 is 0 Å². The van der Waals surface area contributed by atoms with Gasteiger partial charge in [0.1, 0.15) is 5.78 Å². The van der Waals surface area contributed by atoms with Crippen LogP contribution < -0.4 is 10.4 Å². The van der Waals surface area contributed by atoms with E-state index in [4.69, 9.17) is 4.43 Å². The highest BCUT2D eigenvalue weighted by Gasteiger charge is 2.50. The lowest BCUT2D eigenvalue weighted by Gasteiger charge is -2.44. The van der Waals surface area contributed by atoms with Gasteiger partial charge in [-0.1, -0.05) is 88.4 Å². The van der Waals surface area contributed by atoms with Gasteiger partial charge in [-0.2, -0.15) is 0 Å². The molecule has 0 amide bonds. The first-order valence-corrected chi connectivity index (χ1v) is 12.1. The summed E-state index contributed by atoms with van der Waals surface area (Å²) in [4.78, 5) is 12.6. The number of carbonyl (C=O) groups excluding carboxylic acids is 1. The fraction of sp³-hybridized carbons (Fsp3) is 0.458. The number of Topliss-reactive ketones (excluding diaryl/α,β-unsaturated/α-hetero) is 1. The number of hydrogen-bond acceptors (Lipinski definition) is 3. The summed E-state index contributed by atoms with van der Waals surface area (Å²) in [5.74, 6) is 0.119. The predicted molar refractivity (Wildman–Crippen MR) is 116 cm³/mol. The maximum Gasteiger partial charge on any atom is 0.261 e. The Labute approximate surface area is 169 Å². The number of hydrogen-bond donors (Lipinski definition) is 1. The minimum atomic E-state index is -2.62. The van der Waals surface area contributed by atoms with E-state index in [-0.39, 0.29) is 29.1 Å². The van der Waals surface area contributed by atoms with Gasteiger partial charge in [-0.3, -0.25) is 4.79 Å². The van der Waals surface area contributed by atoms with Crippen molar-refractivity contribution >= 4 is 24.5 Å². The Morgan fingerprint density at radius 2 is 1.50 bits per heavy atom. The summed E-state index contributed by atoms with van der Waals surface area (Å²) in [6.07, 6.45) is 0.422. The molecule has 150 valence electrons. The second-order valence-corrected chi connectivity index (χ2v) is 13.4. The van der Waals surface area contributed by atoms with Crippen LogP contribution in [0.1, 0.15) is 40.5 Å². The third kappa shape index (κ3) is 4.00. The maximum atomic E-state index is 12.6. The molecule has 0 aliphatic heterocycles. The maximum absolute atomic E-state index is 12.6. The van der Waals surface area contributed by atoms with Gasteiger partial charge in [-0.25, -0.2) is 0 Å². The molecular formula is C24H32O3Si. The summed E-state index contributed by atoms with van der Waals surface area (Å²) < 4.78 is 6.90. The summed E-state index contributed by atoms with van der Waals surface area (Å²) in [5, 5.41) is 12.4. The van der Waals surface area contributed by atoms with Gasteiger partial charge in [0.25, 0.3) is 8.32 Å². The molecule has 1 saturated carbocycles. The summed E-state index contributed by atoms with van der Waals surface area (Å²) >= 11 is 0. The highest BCUT2D eigenvalue weighted by Crippen LogP contribution is 2.38. The van der Waals surface area contributed by atoms with Crippen molar-refractivity contribution in [2.24, 2.45) is 11.8 Å². The zero-order chi connectivity index (χ0) is 20.4. The van der Waals surface area contributed by atoms with Crippen molar-refractivity contribution in [2.75, 3.05) is 6.61 Å². The number of ketones is 1. The van der Waals surface area contributed by atoms with E-state index in [0.717, 1.165) is 0 Å². The van der Waals surface area contributed by atoms with Crippen molar-refractivity contribution < 1.29 is 14.3 Å². The van der Waals surface area contributed by atoms with Gasteiger partial charge in [0.2, 0.25) is 0 Å². The van der Waals surface area contributed by atoms with E-state index in [0.29, 0.717) is 13.0 Å². The summed E-state index contributed by atoms with van der Waals surface area (Å²) in [6, 6.07) is 21.0. The molecule has 0 bridgehead atoms. The van der Waals surface area contributed by atoms with Crippen molar-refractivity contribution in [3.05, 3.63) is 60.7 Å². The smallest absolute Gasteiger partial charge is 0.261 e. The van der Waals surface area contributed by atoms with Gasteiger partial charge in [0, 0.05) is 18.9 Å². The van der Waals surface area contributed by atoms with E-state index in [1.54, 1.807) is 0 Å². The monoisotopic (exact) mass is 396 g/mol. The zero-order valence-electron chi connectivity index (χ0n) is 17.4. The normalized spacial score (nSPS) is 23.6. The van der Waals surface area contributed by atoms with Gasteiger partial charge in [0.05, 0.1) is 6.10 Å². The second kappa shape index (κ2) is 8.32. The largest absolute Gasteiger partial charge is 0.407 e. The van der Waals surface area contributed by atoms with E-state index >= 15 is 0 Å². The molecule has 0 radical (unpaired) electrons. The quantitative estimate of drug-likeness (QED) is 0.787. The molecule has 2 aromatic carbocycles. The second-order valence-electron chi connectivity index (χ2n) is 9.12. The van der Waals surface area contributed by atoms with Crippen molar-refractivity contribution in [2.45, 2.75) is 51.7 Å². The predicted octanol–water partition coefficient (Wildman–Crippen LogP) is 3.54. The van der Waals surface area contributed by atoms with Gasteiger partial charge < -0.3 is 9.53 Å². The Bertz CT molecular complexity index is 743. The molecule has 2 aromatic rings. The third-order valence-corrected chi connectivity index (χ3v) is 11.1. The minimum absolute atomic E-state index is 0.0987. The van der Waals surface area contributed by atoms with Crippen LogP contribution in [0.15, 0.2) is 60.7 Å². The molecule has 3 nitrogen and oxygen atoms in total. The van der Waals surface area contributed by atoms with Gasteiger partial charge in [-0.05, 0) is 27.8 Å². The average Bonchev–Trinajstić information content (AvgIpc) is 2.67. The minimum Gasteiger partial charge on any atom is -0.407 e. The number of benzene rings is 2. The van der Waals surface area contributed by atoms with Crippen molar-refractivity contribution in [3.63, 3.8) is 0 Å². The first-order chi connectivity index (χ1) is 13.3. The topological polar surface area (TPSA) is 46.5 Å². The Morgan fingerprint density at radius 3 is 1.96 bits per heavy atom. The standard InChI is InChI=1S/C24H32O3Si/c1-18-15-19(23(26)16-22(18)25)17-27-28(24(2,3)4,20-11-7-5-8-12-20)21-13-9-6-10-14-21/h5-14,18-19,22,25H,15-17H2,1-4H3/t18-,19-,22-/m0/s1. The number of carbonyl (C=O) groups is 1. The van der Waals surface area contributed by atoms with Crippen LogP contribution in [0.25, 0.3) is 0 Å². The summed E-state index contributed by atoms with van der Waals surface area (Å²) in [6.45, 7) is 9.17. The van der Waals surface area contributed by atoms with Gasteiger partial charge in [-0.15, -0.1) is 0 Å². The molecule has 0 spiro atoms. The first kappa shape index (κ1) is 21.0. The van der Waals surface area contributed by atoms with E-state index in [1.165, 1.54) is 10.4 Å². The SMILES string of the molecule is C[C@H]1C[C@@H](CO[Si](c2ccccc2)(c2ccccc2)C(C)(C)C)C(=O)C[C@@H]1O. The first-order valence-electron chi connectivity index (χ1n) is 10.2. The Balaban J connectivity index is 2.01. The molecule has 3 rings (SSSR count). The number of rotatable bonds is 5. The highest BCUT2D eigenvalue weighted by atomic mass is 28.4. The van der Waals surface area contributed by atoms with E-state index in [1.807, 2.05) is 19.1 Å². The molecule has 3 atom stereocenters. The lowest BCUT2D eigenvalue weighted by Crippen LogP contribution is -2.67. The molecule has 0 saturated heterocycles. The lowest BCUT2D eigenvalue weighted by atomic mass is 9.80. The average molecular weight is 397 g/mol. The fourth-order valence-corrected chi connectivity index (χ4v) is 9.07. The molecule has 28 heavy (non-hydrogen) atoms. The Kier molecular flexibility index (Phi) is 6.23. The summed E-state index contributed by atoms with van der Waals surface area (Å²) in [7, 11) is -2.62. The number of aliphatic hydroxyl groups is 1. The van der Waals surface area contributed by atoms with Crippen molar-refractivity contribution in [3.8, 4) is 0 Å². The van der Waals surface area contributed by atoms with Gasteiger partial charge in [0.15, 0.2) is 0 Å². The van der Waals surface area contributed by atoms with E-state index < -0.39 is 14.4 Å². The molecule has 4 heteroatoms. The fourth-order valence-electron chi connectivity index (χ4n) is 4.46. The van der Waals surface area contributed by atoms with E-state index in [2.05, 4.69) is 69.3 Å². The molecular weight excluding hydrogens is 364 g/mol. The Morgan fingerprint density at radius 1 is 1.00 bits per heavy atom. The molecule has 1 aliphatic carbocycles. The molecule has 1 fully saturated rings. The summed E-state index contributed by atoms with van der Waals surface area (Å²) in [5.41, 5.74) is 0. The van der Waals surface area contributed by atoms with Crippen LogP contribution in [0.5, 0.6) is 0 Å².